The number of sulfonamides is 1. The van der Waals surface area contributed by atoms with Gasteiger partial charge in [0.05, 0.1) is 21.5 Å². The van der Waals surface area contributed by atoms with Crippen molar-refractivity contribution in [3.8, 4) is 0 Å². The summed E-state index contributed by atoms with van der Waals surface area (Å²) in [6, 6.07) is 6.82. The van der Waals surface area contributed by atoms with E-state index in [-0.39, 0.29) is 10.8 Å². The SMILES string of the molecule is Cc1ccc(S(=O)(=O)N2CCCCC2)cc1NC(=O)c1cc(C2CC2)nc2c1c(C)nn2C. The van der Waals surface area contributed by atoms with E-state index in [4.69, 9.17) is 4.98 Å². The van der Waals surface area contributed by atoms with Crippen LogP contribution in [0.3, 0.4) is 0 Å². The molecule has 3 heterocycles. The van der Waals surface area contributed by atoms with Gasteiger partial charge in [0.2, 0.25) is 10.0 Å². The average molecular weight is 468 g/mol. The van der Waals surface area contributed by atoms with E-state index < -0.39 is 10.0 Å². The van der Waals surface area contributed by atoms with Crippen LogP contribution in [-0.4, -0.2) is 46.5 Å². The summed E-state index contributed by atoms with van der Waals surface area (Å²) in [6.07, 6.45) is 4.96. The van der Waals surface area contributed by atoms with E-state index in [9.17, 15) is 13.2 Å². The van der Waals surface area contributed by atoms with Gasteiger partial charge >= 0.3 is 0 Å². The third-order valence-electron chi connectivity index (χ3n) is 6.64. The molecule has 1 amide bonds. The van der Waals surface area contributed by atoms with E-state index in [0.717, 1.165) is 54.4 Å². The summed E-state index contributed by atoms with van der Waals surface area (Å²) in [6.45, 7) is 4.81. The van der Waals surface area contributed by atoms with Gasteiger partial charge in [-0.05, 0) is 63.3 Å². The molecular formula is C24H29N5O3S. The molecular weight excluding hydrogens is 438 g/mol. The standard InChI is InChI=1S/C24H29N5O3S/c1-15-7-10-18(33(31,32)29-11-5-4-6-12-29)13-20(15)26-24(30)19-14-21(17-8-9-17)25-23-22(19)16(2)27-28(23)3/h7,10,13-14,17H,4-6,8-9,11-12H2,1-3H3,(H,26,30). The van der Waals surface area contributed by atoms with Gasteiger partial charge in [-0.3, -0.25) is 9.48 Å². The molecule has 1 saturated carbocycles. The van der Waals surface area contributed by atoms with Gasteiger partial charge in [0.25, 0.3) is 5.91 Å². The lowest BCUT2D eigenvalue weighted by atomic mass is 10.1. The van der Waals surface area contributed by atoms with Gasteiger partial charge in [0, 0.05) is 37.4 Å². The Hall–Kier alpha value is -2.78. The first kappa shape index (κ1) is 22.0. The van der Waals surface area contributed by atoms with Gasteiger partial charge in [-0.1, -0.05) is 12.5 Å². The predicted octanol–water partition coefficient (Wildman–Crippen LogP) is 3.89. The molecule has 5 rings (SSSR count). The van der Waals surface area contributed by atoms with Crippen molar-refractivity contribution in [3.05, 3.63) is 46.8 Å². The summed E-state index contributed by atoms with van der Waals surface area (Å²) >= 11 is 0. The Morgan fingerprint density at radius 2 is 1.82 bits per heavy atom. The molecule has 0 radical (unpaired) electrons. The van der Waals surface area contributed by atoms with Crippen molar-refractivity contribution < 1.29 is 13.2 Å². The number of aryl methyl sites for hydroxylation is 3. The Morgan fingerprint density at radius 1 is 1.09 bits per heavy atom. The highest BCUT2D eigenvalue weighted by Crippen LogP contribution is 2.40. The van der Waals surface area contributed by atoms with E-state index >= 15 is 0 Å². The van der Waals surface area contributed by atoms with Crippen molar-refractivity contribution >= 4 is 32.7 Å². The smallest absolute Gasteiger partial charge is 0.256 e. The number of nitrogens with one attached hydrogen (secondary N) is 1. The molecule has 0 atom stereocenters. The Kier molecular flexibility index (Phi) is 5.49. The lowest BCUT2D eigenvalue weighted by Crippen LogP contribution is -2.35. The van der Waals surface area contributed by atoms with Crippen LogP contribution < -0.4 is 5.32 Å². The molecule has 1 saturated heterocycles. The van der Waals surface area contributed by atoms with Crippen molar-refractivity contribution in [1.82, 2.24) is 19.1 Å². The fraction of sp³-hybridized carbons (Fsp3) is 0.458. The Bertz CT molecular complexity index is 1350. The maximum Gasteiger partial charge on any atom is 0.256 e. The van der Waals surface area contributed by atoms with Crippen LogP contribution in [0, 0.1) is 13.8 Å². The number of rotatable bonds is 5. The number of hydrogen-bond donors (Lipinski definition) is 1. The fourth-order valence-corrected chi connectivity index (χ4v) is 6.12. The second kappa shape index (κ2) is 8.22. The molecule has 0 bridgehead atoms. The molecule has 2 aliphatic rings. The topological polar surface area (TPSA) is 97.2 Å². The summed E-state index contributed by atoms with van der Waals surface area (Å²) in [4.78, 5) is 18.4. The Labute approximate surface area is 194 Å². The lowest BCUT2D eigenvalue weighted by Gasteiger charge is -2.26. The molecule has 1 aromatic carbocycles. The summed E-state index contributed by atoms with van der Waals surface area (Å²) in [7, 11) is -1.76. The Balaban J connectivity index is 1.51. The van der Waals surface area contributed by atoms with E-state index in [1.165, 1.54) is 0 Å². The van der Waals surface area contributed by atoms with Crippen LogP contribution in [0.2, 0.25) is 0 Å². The zero-order chi connectivity index (χ0) is 23.3. The monoisotopic (exact) mass is 467 g/mol. The summed E-state index contributed by atoms with van der Waals surface area (Å²) in [5.74, 6) is 0.104. The molecule has 1 aliphatic carbocycles. The number of carbonyl (C=O) groups excluding carboxylic acids is 1. The number of anilines is 1. The molecule has 2 fully saturated rings. The molecule has 0 spiro atoms. The number of piperidine rings is 1. The minimum Gasteiger partial charge on any atom is -0.322 e. The number of carbonyl (C=O) groups is 1. The van der Waals surface area contributed by atoms with Crippen LogP contribution in [0.15, 0.2) is 29.2 Å². The molecule has 2 aromatic heterocycles. The highest BCUT2D eigenvalue weighted by Gasteiger charge is 2.29. The number of hydrogen-bond acceptors (Lipinski definition) is 5. The van der Waals surface area contributed by atoms with Gasteiger partial charge in [0.1, 0.15) is 0 Å². The summed E-state index contributed by atoms with van der Waals surface area (Å²) in [5, 5.41) is 8.17. The first-order chi connectivity index (χ1) is 15.8. The molecule has 1 aliphatic heterocycles. The maximum atomic E-state index is 13.5. The van der Waals surface area contributed by atoms with E-state index in [1.807, 2.05) is 27.0 Å². The van der Waals surface area contributed by atoms with Gasteiger partial charge in [0.15, 0.2) is 5.65 Å². The fourth-order valence-electron chi connectivity index (χ4n) is 4.57. The van der Waals surface area contributed by atoms with Crippen LogP contribution in [0.25, 0.3) is 11.0 Å². The number of fused-ring (bicyclic) bond motifs is 1. The average Bonchev–Trinajstić information content (AvgIpc) is 3.61. The van der Waals surface area contributed by atoms with Crippen LogP contribution in [-0.2, 0) is 17.1 Å². The largest absolute Gasteiger partial charge is 0.322 e. The maximum absolute atomic E-state index is 13.5. The van der Waals surface area contributed by atoms with Gasteiger partial charge < -0.3 is 5.32 Å². The summed E-state index contributed by atoms with van der Waals surface area (Å²) < 4.78 is 29.6. The van der Waals surface area contributed by atoms with Crippen LogP contribution in [0.4, 0.5) is 5.69 Å². The highest BCUT2D eigenvalue weighted by molar-refractivity contribution is 7.89. The van der Waals surface area contributed by atoms with Crippen molar-refractivity contribution in [1.29, 1.82) is 0 Å². The molecule has 8 nitrogen and oxygen atoms in total. The molecule has 1 N–H and O–H groups in total. The first-order valence-corrected chi connectivity index (χ1v) is 13.0. The number of aromatic nitrogens is 3. The quantitative estimate of drug-likeness (QED) is 0.614. The second-order valence-electron chi connectivity index (χ2n) is 9.17. The number of amides is 1. The number of pyridine rings is 1. The molecule has 0 unspecified atom stereocenters. The summed E-state index contributed by atoms with van der Waals surface area (Å²) in [5.41, 5.74) is 4.17. The van der Waals surface area contributed by atoms with Gasteiger partial charge in [-0.15, -0.1) is 0 Å². The van der Waals surface area contributed by atoms with Crippen molar-refractivity contribution in [3.63, 3.8) is 0 Å². The van der Waals surface area contributed by atoms with Crippen molar-refractivity contribution in [2.45, 2.75) is 56.8 Å². The minimum absolute atomic E-state index is 0.210. The van der Waals surface area contributed by atoms with Crippen molar-refractivity contribution in [2.24, 2.45) is 7.05 Å². The minimum atomic E-state index is -3.59. The predicted molar refractivity (Wildman–Crippen MR) is 127 cm³/mol. The van der Waals surface area contributed by atoms with E-state index in [2.05, 4.69) is 10.4 Å². The molecule has 3 aromatic rings. The Morgan fingerprint density at radius 3 is 2.52 bits per heavy atom. The van der Waals surface area contributed by atoms with Crippen LogP contribution in [0.5, 0.6) is 0 Å². The van der Waals surface area contributed by atoms with Crippen LogP contribution >= 0.6 is 0 Å². The van der Waals surface area contributed by atoms with Gasteiger partial charge in [-0.25, -0.2) is 13.4 Å². The third kappa shape index (κ3) is 4.04. The van der Waals surface area contributed by atoms with Crippen LogP contribution in [0.1, 0.15) is 65.3 Å². The molecule has 9 heteroatoms. The zero-order valence-electron chi connectivity index (χ0n) is 19.3. The zero-order valence-corrected chi connectivity index (χ0v) is 20.1. The number of nitrogens with zero attached hydrogens (tertiary/aromatic N) is 4. The normalized spacial score (nSPS) is 17.4. The third-order valence-corrected chi connectivity index (χ3v) is 8.53. The highest BCUT2D eigenvalue weighted by atomic mass is 32.2. The van der Waals surface area contributed by atoms with Gasteiger partial charge in [-0.2, -0.15) is 9.40 Å². The molecule has 33 heavy (non-hydrogen) atoms. The first-order valence-electron chi connectivity index (χ1n) is 11.5. The molecule has 174 valence electrons. The second-order valence-corrected chi connectivity index (χ2v) is 11.1. The van der Waals surface area contributed by atoms with E-state index in [1.54, 1.807) is 27.2 Å². The number of benzene rings is 1. The van der Waals surface area contributed by atoms with E-state index in [0.29, 0.717) is 35.9 Å². The van der Waals surface area contributed by atoms with Crippen molar-refractivity contribution in [2.75, 3.05) is 18.4 Å². The lowest BCUT2D eigenvalue weighted by molar-refractivity contribution is 0.102.